The molecule has 0 aliphatic heterocycles. The molecule has 5 nitrogen and oxygen atoms in total. The Kier molecular flexibility index (Phi) is 5.32. The van der Waals surface area contributed by atoms with Gasteiger partial charge in [-0.2, -0.15) is 0 Å². The summed E-state index contributed by atoms with van der Waals surface area (Å²) in [6.07, 6.45) is 0.913. The van der Waals surface area contributed by atoms with Gasteiger partial charge in [-0.1, -0.05) is 25.1 Å². The Balaban J connectivity index is 2.34. The van der Waals surface area contributed by atoms with E-state index in [1.807, 2.05) is 39.8 Å². The van der Waals surface area contributed by atoms with E-state index in [1.54, 1.807) is 6.07 Å². The number of nitrogens with one attached hydrogen (secondary N) is 2. The molecule has 0 saturated heterocycles. The Hall–Kier alpha value is -2.43. The first-order chi connectivity index (χ1) is 10.9. The van der Waals surface area contributed by atoms with Crippen molar-refractivity contribution in [2.45, 2.75) is 47.1 Å². The summed E-state index contributed by atoms with van der Waals surface area (Å²) in [5, 5.41) is 6.13. The van der Waals surface area contributed by atoms with Crippen molar-refractivity contribution >= 4 is 17.5 Å². The molecule has 2 aromatic rings. The summed E-state index contributed by atoms with van der Waals surface area (Å²) in [7, 11) is 0. The van der Waals surface area contributed by atoms with Crippen LogP contribution in [-0.2, 0) is 6.42 Å². The van der Waals surface area contributed by atoms with Gasteiger partial charge in [0.05, 0.1) is 0 Å². The summed E-state index contributed by atoms with van der Waals surface area (Å²) in [5.74, 6) is 0.261. The molecule has 0 aliphatic rings. The molecule has 1 amide bonds. The SMILES string of the molecule is CCc1cccc(C)c1Nc1nc(C)cc(C(=O)NC(C)C)n1. The minimum Gasteiger partial charge on any atom is -0.349 e. The Bertz CT molecular complexity index is 710. The summed E-state index contributed by atoms with van der Waals surface area (Å²) in [6, 6.07) is 7.93. The Morgan fingerprint density at radius 1 is 1.22 bits per heavy atom. The Morgan fingerprint density at radius 3 is 2.61 bits per heavy atom. The van der Waals surface area contributed by atoms with Crippen molar-refractivity contribution in [1.29, 1.82) is 0 Å². The molecular formula is C18H24N4O. The van der Waals surface area contributed by atoms with E-state index in [1.165, 1.54) is 5.56 Å². The highest BCUT2D eigenvalue weighted by Crippen LogP contribution is 2.24. The fourth-order valence-corrected chi connectivity index (χ4v) is 2.39. The number of nitrogens with zero attached hydrogens (tertiary/aromatic N) is 2. The molecule has 2 N–H and O–H groups in total. The predicted octanol–water partition coefficient (Wildman–Crippen LogP) is 3.54. The molecule has 1 heterocycles. The van der Waals surface area contributed by atoms with Crippen LogP contribution in [0.2, 0.25) is 0 Å². The quantitative estimate of drug-likeness (QED) is 0.886. The lowest BCUT2D eigenvalue weighted by atomic mass is 10.1. The third kappa shape index (κ3) is 4.28. The number of para-hydroxylation sites is 1. The molecule has 0 aliphatic carbocycles. The van der Waals surface area contributed by atoms with Crippen molar-refractivity contribution in [2.75, 3.05) is 5.32 Å². The van der Waals surface area contributed by atoms with E-state index in [0.29, 0.717) is 11.6 Å². The molecule has 5 heteroatoms. The standard InChI is InChI=1S/C18H24N4O/c1-6-14-9-7-8-12(4)16(14)22-18-20-13(5)10-15(21-18)17(23)19-11(2)3/h7-11H,6H2,1-5H3,(H,19,23)(H,20,21,22). The first-order valence-corrected chi connectivity index (χ1v) is 7.92. The van der Waals surface area contributed by atoms with Gasteiger partial charge in [-0.3, -0.25) is 4.79 Å². The zero-order chi connectivity index (χ0) is 17.0. The molecule has 1 aromatic heterocycles. The molecule has 0 unspecified atom stereocenters. The molecule has 0 bridgehead atoms. The number of amides is 1. The van der Waals surface area contributed by atoms with Crippen molar-refractivity contribution in [2.24, 2.45) is 0 Å². The molecular weight excluding hydrogens is 288 g/mol. The lowest BCUT2D eigenvalue weighted by molar-refractivity contribution is 0.0938. The normalized spacial score (nSPS) is 10.7. The summed E-state index contributed by atoms with van der Waals surface area (Å²) >= 11 is 0. The van der Waals surface area contributed by atoms with Crippen LogP contribution in [-0.4, -0.2) is 21.9 Å². The van der Waals surface area contributed by atoms with Gasteiger partial charge in [-0.05, 0) is 51.3 Å². The molecule has 0 radical (unpaired) electrons. The largest absolute Gasteiger partial charge is 0.349 e. The number of benzene rings is 1. The summed E-state index contributed by atoms with van der Waals surface area (Å²) in [5.41, 5.74) is 4.46. The average molecular weight is 312 g/mol. The number of rotatable bonds is 5. The second-order valence-electron chi connectivity index (χ2n) is 5.93. The fraction of sp³-hybridized carbons (Fsp3) is 0.389. The van der Waals surface area contributed by atoms with Crippen LogP contribution in [0.4, 0.5) is 11.6 Å². The van der Waals surface area contributed by atoms with Gasteiger partial charge >= 0.3 is 0 Å². The number of carbonyl (C=O) groups excluding carboxylic acids is 1. The third-order valence-electron chi connectivity index (χ3n) is 3.48. The third-order valence-corrected chi connectivity index (χ3v) is 3.48. The molecule has 0 spiro atoms. The number of aryl methyl sites for hydroxylation is 3. The smallest absolute Gasteiger partial charge is 0.270 e. The zero-order valence-corrected chi connectivity index (χ0v) is 14.4. The minimum atomic E-state index is -0.186. The monoisotopic (exact) mass is 312 g/mol. The van der Waals surface area contributed by atoms with Gasteiger partial charge in [-0.15, -0.1) is 0 Å². The van der Waals surface area contributed by atoms with Gasteiger partial charge in [0.1, 0.15) is 5.69 Å². The van der Waals surface area contributed by atoms with E-state index < -0.39 is 0 Å². The maximum Gasteiger partial charge on any atom is 0.270 e. The first kappa shape index (κ1) is 16.9. The van der Waals surface area contributed by atoms with Gasteiger partial charge in [0.25, 0.3) is 5.91 Å². The van der Waals surface area contributed by atoms with Gasteiger partial charge < -0.3 is 10.6 Å². The second-order valence-corrected chi connectivity index (χ2v) is 5.93. The van der Waals surface area contributed by atoms with E-state index in [9.17, 15) is 4.79 Å². The van der Waals surface area contributed by atoms with Crippen molar-refractivity contribution in [3.8, 4) is 0 Å². The number of hydrogen-bond donors (Lipinski definition) is 2. The lowest BCUT2D eigenvalue weighted by Gasteiger charge is -2.14. The van der Waals surface area contributed by atoms with Crippen LogP contribution in [0.1, 0.15) is 48.1 Å². The van der Waals surface area contributed by atoms with Crippen LogP contribution in [0.5, 0.6) is 0 Å². The fourth-order valence-electron chi connectivity index (χ4n) is 2.39. The zero-order valence-electron chi connectivity index (χ0n) is 14.4. The molecule has 23 heavy (non-hydrogen) atoms. The highest BCUT2D eigenvalue weighted by Gasteiger charge is 2.13. The number of aromatic nitrogens is 2. The maximum atomic E-state index is 12.2. The Morgan fingerprint density at radius 2 is 1.96 bits per heavy atom. The average Bonchev–Trinajstić information content (AvgIpc) is 2.48. The first-order valence-electron chi connectivity index (χ1n) is 7.92. The second kappa shape index (κ2) is 7.22. The van der Waals surface area contributed by atoms with Crippen molar-refractivity contribution in [3.05, 3.63) is 46.8 Å². The van der Waals surface area contributed by atoms with Crippen LogP contribution in [0.3, 0.4) is 0 Å². The molecule has 0 atom stereocenters. The summed E-state index contributed by atoms with van der Waals surface area (Å²) in [4.78, 5) is 20.9. The van der Waals surface area contributed by atoms with E-state index in [0.717, 1.165) is 23.4 Å². The van der Waals surface area contributed by atoms with Crippen LogP contribution in [0.15, 0.2) is 24.3 Å². The molecule has 0 saturated carbocycles. The predicted molar refractivity (Wildman–Crippen MR) is 93.2 cm³/mol. The molecule has 122 valence electrons. The maximum absolute atomic E-state index is 12.2. The van der Waals surface area contributed by atoms with Gasteiger partial charge in [0.2, 0.25) is 5.95 Å². The summed E-state index contributed by atoms with van der Waals surface area (Å²) in [6.45, 7) is 9.86. The van der Waals surface area contributed by atoms with E-state index >= 15 is 0 Å². The highest BCUT2D eigenvalue weighted by atomic mass is 16.1. The molecule has 1 aromatic carbocycles. The van der Waals surface area contributed by atoms with E-state index in [-0.39, 0.29) is 11.9 Å². The lowest BCUT2D eigenvalue weighted by Crippen LogP contribution is -2.31. The number of anilines is 2. The van der Waals surface area contributed by atoms with Crippen molar-refractivity contribution < 1.29 is 4.79 Å². The van der Waals surface area contributed by atoms with Crippen LogP contribution in [0.25, 0.3) is 0 Å². The van der Waals surface area contributed by atoms with Crippen LogP contribution >= 0.6 is 0 Å². The number of carbonyl (C=O) groups is 1. The molecule has 0 fully saturated rings. The van der Waals surface area contributed by atoms with Crippen molar-refractivity contribution in [3.63, 3.8) is 0 Å². The van der Waals surface area contributed by atoms with Gasteiger partial charge in [0.15, 0.2) is 0 Å². The Labute approximate surface area is 137 Å². The van der Waals surface area contributed by atoms with Crippen LogP contribution in [0, 0.1) is 13.8 Å². The van der Waals surface area contributed by atoms with Gasteiger partial charge in [-0.25, -0.2) is 9.97 Å². The topological polar surface area (TPSA) is 66.9 Å². The highest BCUT2D eigenvalue weighted by molar-refractivity contribution is 5.92. The van der Waals surface area contributed by atoms with Gasteiger partial charge in [0, 0.05) is 17.4 Å². The van der Waals surface area contributed by atoms with E-state index in [4.69, 9.17) is 0 Å². The van der Waals surface area contributed by atoms with Crippen molar-refractivity contribution in [1.82, 2.24) is 15.3 Å². The van der Waals surface area contributed by atoms with Crippen LogP contribution < -0.4 is 10.6 Å². The minimum absolute atomic E-state index is 0.0669. The molecule has 2 rings (SSSR count). The number of hydrogen-bond acceptors (Lipinski definition) is 4. The van der Waals surface area contributed by atoms with E-state index in [2.05, 4.69) is 33.6 Å². The summed E-state index contributed by atoms with van der Waals surface area (Å²) < 4.78 is 0.